The van der Waals surface area contributed by atoms with Crippen LogP contribution in [0.2, 0.25) is 0 Å². The summed E-state index contributed by atoms with van der Waals surface area (Å²) in [6.07, 6.45) is 3.82. The molecule has 1 rings (SSSR count). The number of rotatable bonds is 5. The number of aliphatic imine (C=N–C) groups is 1. The van der Waals surface area contributed by atoms with Gasteiger partial charge in [0.25, 0.3) is 0 Å². The fourth-order valence-corrected chi connectivity index (χ4v) is 1.80. The van der Waals surface area contributed by atoms with Gasteiger partial charge in [0.05, 0.1) is 12.6 Å². The van der Waals surface area contributed by atoms with Crippen LogP contribution in [0, 0.1) is 0 Å². The number of ketones is 1. The molecule has 0 spiro atoms. The molecule has 0 aromatic carbocycles. The molecule has 0 aromatic heterocycles. The number of allylic oxidation sites excluding steroid dienone is 2. The monoisotopic (exact) mass is 238 g/mol. The highest BCUT2D eigenvalue weighted by Gasteiger charge is 2.37. The molecular formula is C12H15FN2O2. The third kappa shape index (κ3) is 3.09. The molecule has 1 heterocycles. The molecule has 1 fully saturated rings. The van der Waals surface area contributed by atoms with Gasteiger partial charge in [-0.25, -0.2) is 4.39 Å². The van der Waals surface area contributed by atoms with Crippen LogP contribution in [0.3, 0.4) is 0 Å². The fourth-order valence-electron chi connectivity index (χ4n) is 1.80. The standard InChI is InChI=1S/C12H15FN2O2/c1-3-5-10(14-4-2)12(17)11-6-9(13)7-15(11)8-16/h3-5,8-9,11H,2,6-7H2,1H3/b5-3-,14-10?/t9-,11+/m1/s1. The topological polar surface area (TPSA) is 49.7 Å². The number of hydrogen-bond donors (Lipinski definition) is 0. The molecule has 17 heavy (non-hydrogen) atoms. The van der Waals surface area contributed by atoms with E-state index in [9.17, 15) is 14.0 Å². The maximum Gasteiger partial charge on any atom is 0.210 e. The molecule has 1 aliphatic heterocycles. The highest BCUT2D eigenvalue weighted by atomic mass is 19.1. The number of halogens is 1. The second-order valence-corrected chi connectivity index (χ2v) is 3.71. The van der Waals surface area contributed by atoms with Gasteiger partial charge in [0.1, 0.15) is 11.9 Å². The molecule has 5 heteroatoms. The maximum atomic E-state index is 13.2. The van der Waals surface area contributed by atoms with E-state index in [-0.39, 0.29) is 24.5 Å². The van der Waals surface area contributed by atoms with E-state index in [0.717, 1.165) is 0 Å². The Hall–Kier alpha value is -1.78. The molecule has 0 saturated carbocycles. The van der Waals surface area contributed by atoms with Gasteiger partial charge >= 0.3 is 0 Å². The highest BCUT2D eigenvalue weighted by Crippen LogP contribution is 2.20. The number of carbonyl (C=O) groups is 2. The first-order valence-corrected chi connectivity index (χ1v) is 5.34. The van der Waals surface area contributed by atoms with Crippen molar-refractivity contribution in [1.82, 2.24) is 4.90 Å². The summed E-state index contributed by atoms with van der Waals surface area (Å²) in [5, 5.41) is 0. The molecule has 1 saturated heterocycles. The Kier molecular flexibility index (Phi) is 4.75. The summed E-state index contributed by atoms with van der Waals surface area (Å²) in [6.45, 7) is 5.13. The summed E-state index contributed by atoms with van der Waals surface area (Å²) >= 11 is 0. The molecule has 0 aliphatic carbocycles. The fraction of sp³-hybridized carbons (Fsp3) is 0.417. The van der Waals surface area contributed by atoms with Crippen LogP contribution < -0.4 is 0 Å². The van der Waals surface area contributed by atoms with Crippen LogP contribution in [0.15, 0.2) is 29.9 Å². The van der Waals surface area contributed by atoms with Crippen molar-refractivity contribution in [2.45, 2.75) is 25.6 Å². The third-order valence-electron chi connectivity index (χ3n) is 2.53. The van der Waals surface area contributed by atoms with Crippen molar-refractivity contribution in [3.63, 3.8) is 0 Å². The normalized spacial score (nSPS) is 25.3. The predicted molar refractivity (Wildman–Crippen MR) is 63.5 cm³/mol. The Morgan fingerprint density at radius 2 is 2.29 bits per heavy atom. The van der Waals surface area contributed by atoms with Gasteiger partial charge in [0.2, 0.25) is 12.2 Å². The van der Waals surface area contributed by atoms with Gasteiger partial charge in [-0.2, -0.15) is 0 Å². The number of amides is 1. The molecule has 0 N–H and O–H groups in total. The van der Waals surface area contributed by atoms with Crippen molar-refractivity contribution in [2.75, 3.05) is 6.54 Å². The molecule has 4 nitrogen and oxygen atoms in total. The lowest BCUT2D eigenvalue weighted by Crippen LogP contribution is -2.38. The van der Waals surface area contributed by atoms with Gasteiger partial charge in [-0.05, 0) is 13.0 Å². The second kappa shape index (κ2) is 6.08. The van der Waals surface area contributed by atoms with Crippen LogP contribution in [0.5, 0.6) is 0 Å². The van der Waals surface area contributed by atoms with Crippen LogP contribution in [-0.4, -0.2) is 41.6 Å². The zero-order valence-electron chi connectivity index (χ0n) is 9.67. The van der Waals surface area contributed by atoms with Gasteiger partial charge in [-0.3, -0.25) is 14.6 Å². The first-order valence-electron chi connectivity index (χ1n) is 5.34. The van der Waals surface area contributed by atoms with Gasteiger partial charge in [-0.15, -0.1) is 0 Å². The number of carbonyl (C=O) groups excluding carboxylic acids is 2. The molecule has 0 aromatic rings. The number of Topliss-reactive ketones (excluding diaryl/α,β-unsaturated/α-hetero) is 1. The van der Waals surface area contributed by atoms with Crippen LogP contribution in [0.25, 0.3) is 0 Å². The van der Waals surface area contributed by atoms with E-state index in [0.29, 0.717) is 6.41 Å². The summed E-state index contributed by atoms with van der Waals surface area (Å²) in [4.78, 5) is 27.8. The minimum absolute atomic E-state index is 0.0306. The second-order valence-electron chi connectivity index (χ2n) is 3.71. The lowest BCUT2D eigenvalue weighted by atomic mass is 10.0. The van der Waals surface area contributed by atoms with E-state index in [1.807, 2.05) is 0 Å². The molecular weight excluding hydrogens is 223 g/mol. The van der Waals surface area contributed by atoms with Gasteiger partial charge in [0.15, 0.2) is 0 Å². The van der Waals surface area contributed by atoms with Crippen molar-refractivity contribution >= 4 is 17.9 Å². The quantitative estimate of drug-likeness (QED) is 0.535. The molecule has 92 valence electrons. The number of alkyl halides is 1. The lowest BCUT2D eigenvalue weighted by molar-refractivity contribution is -0.125. The molecule has 0 bridgehead atoms. The average molecular weight is 238 g/mol. The molecule has 1 amide bonds. The van der Waals surface area contributed by atoms with Gasteiger partial charge in [0, 0.05) is 12.6 Å². The van der Waals surface area contributed by atoms with Crippen molar-refractivity contribution in [1.29, 1.82) is 0 Å². The molecule has 2 atom stereocenters. The summed E-state index contributed by atoms with van der Waals surface area (Å²) in [5.41, 5.74) is 0.188. The molecule has 0 radical (unpaired) electrons. The van der Waals surface area contributed by atoms with E-state index in [1.165, 1.54) is 17.2 Å². The van der Waals surface area contributed by atoms with E-state index in [1.54, 1.807) is 13.0 Å². The van der Waals surface area contributed by atoms with Gasteiger partial charge < -0.3 is 4.90 Å². The van der Waals surface area contributed by atoms with E-state index >= 15 is 0 Å². The average Bonchev–Trinajstić information content (AvgIpc) is 2.69. The maximum absolute atomic E-state index is 13.2. The predicted octanol–water partition coefficient (Wildman–Crippen LogP) is 1.28. The SMILES string of the molecule is C=CN=C(/C=C\C)C(=O)[C@@H]1C[C@@H](F)CN1C=O. The smallest absolute Gasteiger partial charge is 0.210 e. The largest absolute Gasteiger partial charge is 0.332 e. The Balaban J connectivity index is 2.90. The minimum atomic E-state index is -1.15. The summed E-state index contributed by atoms with van der Waals surface area (Å²) in [7, 11) is 0. The van der Waals surface area contributed by atoms with Crippen molar-refractivity contribution in [3.05, 3.63) is 24.9 Å². The third-order valence-corrected chi connectivity index (χ3v) is 2.53. The first kappa shape index (κ1) is 13.3. The lowest BCUT2D eigenvalue weighted by Gasteiger charge is -2.17. The minimum Gasteiger partial charge on any atom is -0.332 e. The van der Waals surface area contributed by atoms with Crippen molar-refractivity contribution in [2.24, 2.45) is 4.99 Å². The first-order chi connectivity index (χ1) is 8.13. The zero-order valence-corrected chi connectivity index (χ0v) is 9.67. The van der Waals surface area contributed by atoms with Crippen LogP contribution in [-0.2, 0) is 9.59 Å². The van der Waals surface area contributed by atoms with Crippen LogP contribution in [0.1, 0.15) is 13.3 Å². The van der Waals surface area contributed by atoms with E-state index in [2.05, 4.69) is 11.6 Å². The summed E-state index contributed by atoms with van der Waals surface area (Å²) < 4.78 is 13.2. The molecule has 0 unspecified atom stereocenters. The van der Waals surface area contributed by atoms with Crippen LogP contribution >= 0.6 is 0 Å². The van der Waals surface area contributed by atoms with Crippen LogP contribution in [0.4, 0.5) is 4.39 Å². The highest BCUT2D eigenvalue weighted by molar-refractivity contribution is 6.46. The number of likely N-dealkylation sites (tertiary alicyclic amines) is 1. The molecule has 1 aliphatic rings. The Morgan fingerprint density at radius 1 is 1.59 bits per heavy atom. The summed E-state index contributed by atoms with van der Waals surface area (Å²) in [6, 6.07) is -0.752. The van der Waals surface area contributed by atoms with Crippen molar-refractivity contribution in [3.8, 4) is 0 Å². The van der Waals surface area contributed by atoms with E-state index in [4.69, 9.17) is 0 Å². The Bertz CT molecular complexity index is 377. The van der Waals surface area contributed by atoms with Gasteiger partial charge in [-0.1, -0.05) is 12.7 Å². The zero-order chi connectivity index (χ0) is 12.8. The summed E-state index contributed by atoms with van der Waals surface area (Å²) in [5.74, 6) is -0.352. The Labute approximate surface area is 99.5 Å². The van der Waals surface area contributed by atoms with E-state index < -0.39 is 12.2 Å². The number of hydrogen-bond acceptors (Lipinski definition) is 3. The Morgan fingerprint density at radius 3 is 2.82 bits per heavy atom. The van der Waals surface area contributed by atoms with Crippen molar-refractivity contribution < 1.29 is 14.0 Å². The number of nitrogens with zero attached hydrogens (tertiary/aromatic N) is 2.